The van der Waals surface area contributed by atoms with Gasteiger partial charge in [-0.05, 0) is 5.56 Å². The lowest BCUT2D eigenvalue weighted by Gasteiger charge is -2.07. The van der Waals surface area contributed by atoms with Gasteiger partial charge < -0.3 is 10.4 Å². The second-order valence-corrected chi connectivity index (χ2v) is 3.29. The SMILES string of the molecule is [O]C(CC(=O)O)C(=O)NCc1ccccc1. The Labute approximate surface area is 92.7 Å². The molecule has 0 heterocycles. The van der Waals surface area contributed by atoms with Crippen LogP contribution in [0, 0.1) is 0 Å². The highest BCUT2D eigenvalue weighted by molar-refractivity contribution is 5.84. The lowest BCUT2D eigenvalue weighted by atomic mass is 10.2. The Morgan fingerprint density at radius 3 is 2.44 bits per heavy atom. The molecular weight excluding hydrogens is 210 g/mol. The van der Waals surface area contributed by atoms with Gasteiger partial charge in [-0.25, -0.2) is 5.11 Å². The summed E-state index contributed by atoms with van der Waals surface area (Å²) in [6.07, 6.45) is -2.44. The molecule has 1 aromatic carbocycles. The number of rotatable bonds is 5. The average Bonchev–Trinajstić information content (AvgIpc) is 2.26. The van der Waals surface area contributed by atoms with Gasteiger partial charge in [0, 0.05) is 6.54 Å². The van der Waals surface area contributed by atoms with Crippen molar-refractivity contribution in [1.82, 2.24) is 5.32 Å². The summed E-state index contributed by atoms with van der Waals surface area (Å²) in [4.78, 5) is 21.4. The molecule has 85 valence electrons. The molecule has 0 fully saturated rings. The van der Waals surface area contributed by atoms with E-state index in [2.05, 4.69) is 5.32 Å². The van der Waals surface area contributed by atoms with E-state index in [-0.39, 0.29) is 6.54 Å². The number of carbonyl (C=O) groups is 2. The fraction of sp³-hybridized carbons (Fsp3) is 0.273. The van der Waals surface area contributed by atoms with Crippen molar-refractivity contribution in [3.05, 3.63) is 35.9 Å². The minimum Gasteiger partial charge on any atom is -0.481 e. The maximum Gasteiger partial charge on any atom is 0.306 e. The number of hydrogen-bond donors (Lipinski definition) is 2. The maximum atomic E-state index is 11.2. The number of nitrogens with one attached hydrogen (secondary N) is 1. The van der Waals surface area contributed by atoms with Crippen molar-refractivity contribution in [3.8, 4) is 0 Å². The van der Waals surface area contributed by atoms with Gasteiger partial charge >= 0.3 is 5.97 Å². The van der Waals surface area contributed by atoms with E-state index in [0.717, 1.165) is 5.56 Å². The van der Waals surface area contributed by atoms with E-state index in [0.29, 0.717) is 0 Å². The first-order chi connectivity index (χ1) is 7.59. The first-order valence-corrected chi connectivity index (χ1v) is 4.79. The molecule has 1 atom stereocenters. The predicted molar refractivity (Wildman–Crippen MR) is 55.0 cm³/mol. The number of amides is 1. The number of hydrogen-bond acceptors (Lipinski definition) is 2. The van der Waals surface area contributed by atoms with E-state index in [4.69, 9.17) is 5.11 Å². The highest BCUT2D eigenvalue weighted by atomic mass is 16.4. The van der Waals surface area contributed by atoms with Gasteiger partial charge in [0.25, 0.3) is 5.91 Å². The number of carbonyl (C=O) groups excluding carboxylic acids is 1. The number of aliphatic carboxylic acids is 1. The Kier molecular flexibility index (Phi) is 4.47. The van der Waals surface area contributed by atoms with Crippen LogP contribution in [0.3, 0.4) is 0 Å². The molecule has 0 saturated carbocycles. The zero-order valence-electron chi connectivity index (χ0n) is 8.55. The van der Waals surface area contributed by atoms with Crippen molar-refractivity contribution >= 4 is 11.9 Å². The molecule has 2 N–H and O–H groups in total. The summed E-state index contributed by atoms with van der Waals surface area (Å²) in [5.41, 5.74) is 0.860. The van der Waals surface area contributed by atoms with Gasteiger partial charge in [-0.1, -0.05) is 30.3 Å². The minimum atomic E-state index is -1.75. The number of carboxylic acid groups (broad SMARTS) is 1. The van der Waals surface area contributed by atoms with Crippen LogP contribution >= 0.6 is 0 Å². The molecular formula is C11H12NO4. The van der Waals surface area contributed by atoms with E-state index in [1.165, 1.54) is 0 Å². The van der Waals surface area contributed by atoms with Crippen LogP contribution in [0.5, 0.6) is 0 Å². The van der Waals surface area contributed by atoms with Crippen LogP contribution in [0.25, 0.3) is 0 Å². The van der Waals surface area contributed by atoms with Crippen LogP contribution in [-0.4, -0.2) is 23.1 Å². The summed E-state index contributed by atoms with van der Waals surface area (Å²) in [5, 5.41) is 21.8. The Morgan fingerprint density at radius 1 is 1.25 bits per heavy atom. The third kappa shape index (κ3) is 4.10. The van der Waals surface area contributed by atoms with Gasteiger partial charge in [0.1, 0.15) is 0 Å². The number of benzene rings is 1. The minimum absolute atomic E-state index is 0.234. The Hall–Kier alpha value is -1.88. The zero-order valence-corrected chi connectivity index (χ0v) is 8.55. The Bertz CT molecular complexity index is 364. The van der Waals surface area contributed by atoms with Crippen LogP contribution in [0.2, 0.25) is 0 Å². The maximum absolute atomic E-state index is 11.2. The summed E-state index contributed by atoms with van der Waals surface area (Å²) in [6, 6.07) is 9.07. The molecule has 1 rings (SSSR count). The molecule has 1 radical (unpaired) electrons. The zero-order chi connectivity index (χ0) is 12.0. The van der Waals surface area contributed by atoms with E-state index in [1.807, 2.05) is 18.2 Å². The van der Waals surface area contributed by atoms with Gasteiger partial charge in [0.05, 0.1) is 6.42 Å². The molecule has 16 heavy (non-hydrogen) atoms. The summed E-state index contributed by atoms with van der Waals surface area (Å²) in [6.45, 7) is 0.234. The molecule has 5 heteroatoms. The van der Waals surface area contributed by atoms with Crippen molar-refractivity contribution in [3.63, 3.8) is 0 Å². The topological polar surface area (TPSA) is 86.3 Å². The Morgan fingerprint density at radius 2 is 1.88 bits per heavy atom. The van der Waals surface area contributed by atoms with Gasteiger partial charge in [-0.2, -0.15) is 0 Å². The highest BCUT2D eigenvalue weighted by Gasteiger charge is 2.19. The van der Waals surface area contributed by atoms with Crippen molar-refractivity contribution in [2.45, 2.75) is 19.1 Å². The largest absolute Gasteiger partial charge is 0.481 e. The van der Waals surface area contributed by atoms with Gasteiger partial charge in [-0.3, -0.25) is 9.59 Å². The van der Waals surface area contributed by atoms with Crippen molar-refractivity contribution in [2.24, 2.45) is 0 Å². The third-order valence-electron chi connectivity index (χ3n) is 1.96. The first kappa shape index (κ1) is 12.2. The molecule has 0 bridgehead atoms. The Balaban J connectivity index is 2.38. The quantitative estimate of drug-likeness (QED) is 0.763. The number of carboxylic acids is 1. The van der Waals surface area contributed by atoms with Crippen LogP contribution in [-0.2, 0) is 21.2 Å². The molecule has 0 aliphatic heterocycles. The summed E-state index contributed by atoms with van der Waals surface area (Å²) < 4.78 is 0. The lowest BCUT2D eigenvalue weighted by molar-refractivity contribution is -0.146. The van der Waals surface area contributed by atoms with E-state index < -0.39 is 24.4 Å². The van der Waals surface area contributed by atoms with Gasteiger partial charge in [-0.15, -0.1) is 0 Å². The third-order valence-corrected chi connectivity index (χ3v) is 1.96. The molecule has 0 spiro atoms. The summed E-state index contributed by atoms with van der Waals surface area (Å²) >= 11 is 0. The van der Waals surface area contributed by atoms with Crippen molar-refractivity contribution in [1.29, 1.82) is 0 Å². The van der Waals surface area contributed by atoms with E-state index in [1.54, 1.807) is 12.1 Å². The van der Waals surface area contributed by atoms with Crippen molar-refractivity contribution in [2.75, 3.05) is 0 Å². The average molecular weight is 222 g/mol. The van der Waals surface area contributed by atoms with Crippen LogP contribution < -0.4 is 5.32 Å². The van der Waals surface area contributed by atoms with E-state index >= 15 is 0 Å². The van der Waals surface area contributed by atoms with E-state index in [9.17, 15) is 14.7 Å². The molecule has 0 aliphatic rings. The monoisotopic (exact) mass is 222 g/mol. The molecule has 0 aromatic heterocycles. The molecule has 1 amide bonds. The summed E-state index contributed by atoms with van der Waals surface area (Å²) in [5.74, 6) is -2.05. The normalized spacial score (nSPS) is 11.8. The van der Waals surface area contributed by atoms with Gasteiger partial charge in [0.2, 0.25) is 0 Å². The molecule has 0 aliphatic carbocycles. The first-order valence-electron chi connectivity index (χ1n) is 4.79. The fourth-order valence-electron chi connectivity index (χ4n) is 1.15. The second kappa shape index (κ2) is 5.87. The smallest absolute Gasteiger partial charge is 0.306 e. The molecule has 1 aromatic rings. The van der Waals surface area contributed by atoms with Gasteiger partial charge in [0.15, 0.2) is 6.10 Å². The standard InChI is InChI=1S/C11H12NO4/c13-9(6-10(14)15)11(16)12-7-8-4-2-1-3-5-8/h1-5,9H,6-7H2,(H,12,16)(H,14,15). The molecule has 0 saturated heterocycles. The van der Waals surface area contributed by atoms with Crippen LogP contribution in [0.4, 0.5) is 0 Å². The van der Waals surface area contributed by atoms with Crippen molar-refractivity contribution < 1.29 is 19.8 Å². The predicted octanol–water partition coefficient (Wildman–Crippen LogP) is 0.577. The molecule has 5 nitrogen and oxygen atoms in total. The second-order valence-electron chi connectivity index (χ2n) is 3.29. The molecule has 1 unspecified atom stereocenters. The highest BCUT2D eigenvalue weighted by Crippen LogP contribution is 1.98. The van der Waals surface area contributed by atoms with Crippen LogP contribution in [0.15, 0.2) is 30.3 Å². The van der Waals surface area contributed by atoms with Crippen LogP contribution in [0.1, 0.15) is 12.0 Å². The summed E-state index contributed by atoms with van der Waals surface area (Å²) in [7, 11) is 0. The lowest BCUT2D eigenvalue weighted by Crippen LogP contribution is -2.34. The fourth-order valence-corrected chi connectivity index (χ4v) is 1.15.